The molecule has 0 aliphatic rings. The van der Waals surface area contributed by atoms with Gasteiger partial charge in [0.2, 0.25) is 0 Å². The molecule has 0 rings (SSSR count). The Morgan fingerprint density at radius 1 is 1.00 bits per heavy atom. The van der Waals surface area contributed by atoms with Crippen LogP contribution in [0.2, 0.25) is 0 Å². The Morgan fingerprint density at radius 2 is 1.42 bits per heavy atom. The van der Waals surface area contributed by atoms with Crippen molar-refractivity contribution >= 4 is 14.4 Å². The zero-order chi connectivity index (χ0) is 9.61. The molecule has 0 fully saturated rings. The van der Waals surface area contributed by atoms with E-state index in [1.807, 2.05) is 7.05 Å². The number of hydrogen-bond donors (Lipinski definition) is 0. The van der Waals surface area contributed by atoms with Crippen molar-refractivity contribution in [3.63, 3.8) is 0 Å². The Hall–Kier alpha value is 0.660. The van der Waals surface area contributed by atoms with E-state index >= 15 is 0 Å². The number of hydrogen-bond acceptors (Lipinski definition) is 1. The molecule has 0 radical (unpaired) electrons. The SMILES string of the molecule is CCP(CC)P(CC)(CC)=NC. The summed E-state index contributed by atoms with van der Waals surface area (Å²) >= 11 is 0. The highest BCUT2D eigenvalue weighted by molar-refractivity contribution is 8.34. The minimum atomic E-state index is -0.859. The van der Waals surface area contributed by atoms with Crippen molar-refractivity contribution in [2.24, 2.45) is 4.74 Å². The molecule has 0 aliphatic heterocycles. The van der Waals surface area contributed by atoms with Crippen LogP contribution in [0.3, 0.4) is 0 Å². The third-order valence-electron chi connectivity index (χ3n) is 2.64. The topological polar surface area (TPSA) is 12.4 Å². The van der Waals surface area contributed by atoms with Gasteiger partial charge in [-0.05, 0) is 31.4 Å². The van der Waals surface area contributed by atoms with E-state index in [-0.39, 0.29) is 7.61 Å². The normalized spacial score (nSPS) is 12.2. The van der Waals surface area contributed by atoms with Gasteiger partial charge >= 0.3 is 0 Å². The lowest BCUT2D eigenvalue weighted by molar-refractivity contribution is 1.35. The van der Waals surface area contributed by atoms with Gasteiger partial charge in [-0.3, -0.25) is 0 Å². The van der Waals surface area contributed by atoms with Crippen LogP contribution in [0.4, 0.5) is 0 Å². The van der Waals surface area contributed by atoms with Gasteiger partial charge in [0.1, 0.15) is 0 Å². The molecule has 0 aromatic rings. The van der Waals surface area contributed by atoms with E-state index < -0.39 is 6.74 Å². The fraction of sp³-hybridized carbons (Fsp3) is 1.00. The van der Waals surface area contributed by atoms with Crippen molar-refractivity contribution in [1.29, 1.82) is 0 Å². The Kier molecular flexibility index (Phi) is 6.50. The maximum absolute atomic E-state index is 4.74. The largest absolute Gasteiger partial charge is 0.302 e. The Bertz CT molecular complexity index is 154. The summed E-state index contributed by atoms with van der Waals surface area (Å²) in [5.74, 6) is 0. The Balaban J connectivity index is 4.69. The minimum Gasteiger partial charge on any atom is -0.302 e. The zero-order valence-corrected chi connectivity index (χ0v) is 11.0. The van der Waals surface area contributed by atoms with E-state index in [1.54, 1.807) is 0 Å². The van der Waals surface area contributed by atoms with Gasteiger partial charge in [0.15, 0.2) is 0 Å². The maximum atomic E-state index is 4.74. The van der Waals surface area contributed by atoms with E-state index in [0.29, 0.717) is 0 Å². The monoisotopic (exact) mass is 207 g/mol. The molecular weight excluding hydrogens is 184 g/mol. The Morgan fingerprint density at radius 3 is 1.50 bits per heavy atom. The highest BCUT2D eigenvalue weighted by atomic mass is 32.1. The summed E-state index contributed by atoms with van der Waals surface area (Å²) < 4.78 is 4.74. The summed E-state index contributed by atoms with van der Waals surface area (Å²) in [4.78, 5) is 0. The van der Waals surface area contributed by atoms with E-state index in [0.717, 1.165) is 0 Å². The first-order chi connectivity index (χ1) is 5.70. The summed E-state index contributed by atoms with van der Waals surface area (Å²) in [7, 11) is 2.28. The lowest BCUT2D eigenvalue weighted by Crippen LogP contribution is -1.93. The molecular formula is C9H23NP2. The van der Waals surface area contributed by atoms with E-state index in [9.17, 15) is 0 Å². The molecule has 0 aromatic heterocycles. The van der Waals surface area contributed by atoms with Gasteiger partial charge in [-0.2, -0.15) is 0 Å². The lowest BCUT2D eigenvalue weighted by atomic mass is 11.0. The molecule has 12 heavy (non-hydrogen) atoms. The van der Waals surface area contributed by atoms with Gasteiger partial charge in [0.25, 0.3) is 0 Å². The van der Waals surface area contributed by atoms with Crippen molar-refractivity contribution < 1.29 is 0 Å². The molecule has 74 valence electrons. The lowest BCUT2D eigenvalue weighted by Gasteiger charge is -2.30. The summed E-state index contributed by atoms with van der Waals surface area (Å²) in [5, 5.41) is 0. The van der Waals surface area contributed by atoms with Crippen LogP contribution in [0.5, 0.6) is 0 Å². The summed E-state index contributed by atoms with van der Waals surface area (Å²) in [6.07, 6.45) is 5.40. The molecule has 0 aliphatic carbocycles. The molecule has 0 bridgehead atoms. The third-order valence-corrected chi connectivity index (χ3v) is 15.0. The zero-order valence-electron chi connectivity index (χ0n) is 9.17. The van der Waals surface area contributed by atoms with E-state index in [1.165, 1.54) is 24.6 Å². The molecule has 0 saturated heterocycles. The molecule has 1 nitrogen and oxygen atoms in total. The second-order valence-electron chi connectivity index (χ2n) is 2.85. The molecule has 0 amide bonds. The predicted molar refractivity (Wildman–Crippen MR) is 64.4 cm³/mol. The fourth-order valence-corrected chi connectivity index (χ4v) is 11.7. The van der Waals surface area contributed by atoms with Gasteiger partial charge in [-0.15, -0.1) is 0 Å². The molecule has 0 unspecified atom stereocenters. The molecule has 0 saturated carbocycles. The second-order valence-corrected chi connectivity index (χ2v) is 12.5. The van der Waals surface area contributed by atoms with Crippen LogP contribution in [0.15, 0.2) is 4.74 Å². The van der Waals surface area contributed by atoms with Crippen molar-refractivity contribution in [1.82, 2.24) is 0 Å². The van der Waals surface area contributed by atoms with Crippen molar-refractivity contribution in [2.45, 2.75) is 27.7 Å². The summed E-state index contributed by atoms with van der Waals surface area (Å²) in [6, 6.07) is 0. The second kappa shape index (κ2) is 6.17. The highest BCUT2D eigenvalue weighted by Crippen LogP contribution is 2.76. The first-order valence-corrected chi connectivity index (χ1v) is 9.47. The molecule has 0 spiro atoms. The number of nitrogens with zero attached hydrogens (tertiary/aromatic N) is 1. The number of rotatable bonds is 5. The molecule has 3 heteroatoms. The van der Waals surface area contributed by atoms with E-state index in [4.69, 9.17) is 4.74 Å². The van der Waals surface area contributed by atoms with Crippen LogP contribution in [-0.4, -0.2) is 31.7 Å². The van der Waals surface area contributed by atoms with Gasteiger partial charge < -0.3 is 4.74 Å². The summed E-state index contributed by atoms with van der Waals surface area (Å²) in [6.45, 7) is 8.46. The molecule has 0 aromatic carbocycles. The van der Waals surface area contributed by atoms with Crippen LogP contribution in [0.1, 0.15) is 27.7 Å². The molecule has 0 heterocycles. The first-order valence-electron chi connectivity index (χ1n) is 4.94. The van der Waals surface area contributed by atoms with Crippen LogP contribution in [0, 0.1) is 0 Å². The van der Waals surface area contributed by atoms with Gasteiger partial charge in [0.05, 0.1) is 0 Å². The molecule has 0 N–H and O–H groups in total. The van der Waals surface area contributed by atoms with Crippen LogP contribution < -0.4 is 0 Å². The minimum absolute atomic E-state index is 0.240. The van der Waals surface area contributed by atoms with Gasteiger partial charge in [-0.1, -0.05) is 35.3 Å². The Labute approximate surface area is 79.0 Å². The van der Waals surface area contributed by atoms with Gasteiger partial charge in [0, 0.05) is 7.05 Å². The maximum Gasteiger partial charge on any atom is 0.0266 e. The van der Waals surface area contributed by atoms with E-state index in [2.05, 4.69) is 27.7 Å². The smallest absolute Gasteiger partial charge is 0.0266 e. The standard InChI is InChI=1S/C9H23NP2/c1-6-11(7-2)12(8-3,9-4)10-5/h6-9H2,1-5H3. The van der Waals surface area contributed by atoms with Crippen LogP contribution >= 0.6 is 14.4 Å². The van der Waals surface area contributed by atoms with Crippen molar-refractivity contribution in [3.05, 3.63) is 0 Å². The quantitative estimate of drug-likeness (QED) is 0.596. The van der Waals surface area contributed by atoms with Gasteiger partial charge in [-0.25, -0.2) is 0 Å². The fourth-order valence-electron chi connectivity index (χ4n) is 1.78. The highest BCUT2D eigenvalue weighted by Gasteiger charge is 2.22. The van der Waals surface area contributed by atoms with Crippen molar-refractivity contribution in [3.8, 4) is 0 Å². The average Bonchev–Trinajstić information content (AvgIpc) is 2.14. The molecule has 0 atom stereocenters. The van der Waals surface area contributed by atoms with Crippen molar-refractivity contribution in [2.75, 3.05) is 31.7 Å². The summed E-state index contributed by atoms with van der Waals surface area (Å²) in [5.41, 5.74) is 0. The first kappa shape index (κ1) is 12.7. The predicted octanol–water partition coefficient (Wildman–Crippen LogP) is 4.29. The van der Waals surface area contributed by atoms with Crippen LogP contribution in [-0.2, 0) is 0 Å². The average molecular weight is 207 g/mol. The van der Waals surface area contributed by atoms with Crippen LogP contribution in [0.25, 0.3) is 0 Å². The third kappa shape index (κ3) is 2.57.